The molecule has 0 fully saturated rings. The van der Waals surface area contributed by atoms with Crippen LogP contribution in [-0.4, -0.2) is 30.1 Å². The number of nitrogens with two attached hydrogens (primary N) is 1. The number of benzene rings is 3. The van der Waals surface area contributed by atoms with Gasteiger partial charge in [0.2, 0.25) is 0 Å². The number of aryl methyl sites for hydroxylation is 1. The second-order valence-electron chi connectivity index (χ2n) is 7.89. The van der Waals surface area contributed by atoms with E-state index in [1.54, 1.807) is 48.5 Å². The maximum absolute atomic E-state index is 12.7. The summed E-state index contributed by atoms with van der Waals surface area (Å²) in [6, 6.07) is 20.7. The molecule has 0 spiro atoms. The minimum atomic E-state index is -3.72. The monoisotopic (exact) mass is 472 g/mol. The lowest BCUT2D eigenvalue weighted by Gasteiger charge is -2.13. The lowest BCUT2D eigenvalue weighted by molar-refractivity contribution is -0.120. The van der Waals surface area contributed by atoms with Gasteiger partial charge in [-0.25, -0.2) is 23.8 Å². The number of nitrogens with zero attached hydrogens (tertiary/aromatic N) is 3. The summed E-state index contributed by atoms with van der Waals surface area (Å²) in [6.07, 6.45) is 0. The third-order valence-corrected chi connectivity index (χ3v) is 6.88. The zero-order valence-corrected chi connectivity index (χ0v) is 18.9. The Balaban J connectivity index is 1.49. The largest absolute Gasteiger partial charge is 0.385 e. The van der Waals surface area contributed by atoms with Crippen molar-refractivity contribution >= 4 is 38.4 Å². The summed E-state index contributed by atoms with van der Waals surface area (Å²) in [4.78, 5) is 21.8. The summed E-state index contributed by atoms with van der Waals surface area (Å²) in [5, 5.41) is 4.53. The highest BCUT2D eigenvalue weighted by Crippen LogP contribution is 2.29. The van der Waals surface area contributed by atoms with Crippen LogP contribution < -0.4 is 15.9 Å². The summed E-state index contributed by atoms with van der Waals surface area (Å²) < 4.78 is 27.9. The molecule has 0 saturated carbocycles. The number of hydrogen-bond acceptors (Lipinski definition) is 7. The molecule has 1 unspecified atom stereocenters. The van der Waals surface area contributed by atoms with Gasteiger partial charge in [-0.3, -0.25) is 9.52 Å². The number of carbonyl (C=O) groups excluding carboxylic acids is 1. The molecule has 0 aliphatic carbocycles. The number of hydrazone groups is 1. The first kappa shape index (κ1) is 21.5. The molecule has 4 aromatic rings. The molecule has 170 valence electrons. The molecule has 3 aromatic carbocycles. The van der Waals surface area contributed by atoms with Crippen molar-refractivity contribution < 1.29 is 13.2 Å². The third-order valence-electron chi connectivity index (χ3n) is 5.49. The molecule has 0 radical (unpaired) electrons. The molecule has 0 saturated heterocycles. The van der Waals surface area contributed by atoms with E-state index < -0.39 is 15.9 Å². The Morgan fingerprint density at radius 3 is 2.32 bits per heavy atom. The highest BCUT2D eigenvalue weighted by molar-refractivity contribution is 7.92. The van der Waals surface area contributed by atoms with E-state index in [9.17, 15) is 13.2 Å². The number of sulfonamides is 1. The topological polar surface area (TPSA) is 139 Å². The van der Waals surface area contributed by atoms with Gasteiger partial charge in [0.15, 0.2) is 5.82 Å². The Bertz CT molecular complexity index is 1550. The van der Waals surface area contributed by atoms with Gasteiger partial charge in [-0.15, -0.1) is 0 Å². The fourth-order valence-electron chi connectivity index (χ4n) is 3.72. The molecule has 1 aromatic heterocycles. The summed E-state index contributed by atoms with van der Waals surface area (Å²) in [7, 11) is -3.72. The molecule has 1 aliphatic rings. The number of para-hydroxylation sites is 1. The van der Waals surface area contributed by atoms with E-state index in [-0.39, 0.29) is 16.6 Å². The number of amidine groups is 1. The van der Waals surface area contributed by atoms with Crippen molar-refractivity contribution in [2.45, 2.75) is 17.7 Å². The van der Waals surface area contributed by atoms with Gasteiger partial charge in [-0.1, -0.05) is 35.9 Å². The van der Waals surface area contributed by atoms with Crippen molar-refractivity contribution in [2.75, 3.05) is 4.72 Å². The molecule has 34 heavy (non-hydrogen) atoms. The van der Waals surface area contributed by atoms with Gasteiger partial charge < -0.3 is 5.73 Å². The lowest BCUT2D eigenvalue weighted by Crippen LogP contribution is -2.26. The van der Waals surface area contributed by atoms with Crippen molar-refractivity contribution in [1.29, 1.82) is 0 Å². The molecular weight excluding hydrogens is 452 g/mol. The van der Waals surface area contributed by atoms with Crippen LogP contribution in [0.5, 0.6) is 0 Å². The first-order chi connectivity index (χ1) is 16.3. The quantitative estimate of drug-likeness (QED) is 0.408. The Labute approximate surface area is 195 Å². The Hall–Kier alpha value is -4.31. The molecular formula is C24H20N6O3S. The Kier molecular flexibility index (Phi) is 5.21. The van der Waals surface area contributed by atoms with E-state index in [0.29, 0.717) is 33.7 Å². The van der Waals surface area contributed by atoms with E-state index >= 15 is 0 Å². The summed E-state index contributed by atoms with van der Waals surface area (Å²) >= 11 is 0. The number of amides is 1. The highest BCUT2D eigenvalue weighted by Gasteiger charge is 2.33. The second kappa shape index (κ2) is 8.23. The molecule has 4 N–H and O–H groups in total. The minimum Gasteiger partial charge on any atom is -0.385 e. The van der Waals surface area contributed by atoms with Crippen LogP contribution in [0.25, 0.3) is 22.3 Å². The third kappa shape index (κ3) is 3.95. The van der Waals surface area contributed by atoms with Gasteiger partial charge in [-0.05, 0) is 49.4 Å². The number of nitrogens with one attached hydrogen (secondary N) is 2. The van der Waals surface area contributed by atoms with Crippen molar-refractivity contribution in [2.24, 2.45) is 10.8 Å². The predicted molar refractivity (Wildman–Crippen MR) is 129 cm³/mol. The molecule has 1 aliphatic heterocycles. The smallest absolute Gasteiger partial charge is 0.261 e. The number of rotatable bonds is 5. The van der Waals surface area contributed by atoms with Crippen molar-refractivity contribution in [3.63, 3.8) is 0 Å². The molecule has 1 atom stereocenters. The molecule has 5 rings (SSSR count). The maximum Gasteiger partial charge on any atom is 0.261 e. The number of hydrogen-bond donors (Lipinski definition) is 3. The van der Waals surface area contributed by atoms with Gasteiger partial charge in [-0.2, -0.15) is 5.10 Å². The maximum atomic E-state index is 12.7. The van der Waals surface area contributed by atoms with E-state index in [4.69, 9.17) is 5.73 Å². The van der Waals surface area contributed by atoms with E-state index in [1.807, 2.05) is 31.2 Å². The van der Waals surface area contributed by atoms with Crippen LogP contribution in [0.15, 0.2) is 82.8 Å². The second-order valence-corrected chi connectivity index (χ2v) is 9.57. The number of anilines is 1. The predicted octanol–water partition coefficient (Wildman–Crippen LogP) is 2.89. The van der Waals surface area contributed by atoms with Crippen LogP contribution in [0.2, 0.25) is 0 Å². The Morgan fingerprint density at radius 1 is 0.941 bits per heavy atom. The van der Waals surface area contributed by atoms with Gasteiger partial charge in [0.25, 0.3) is 15.9 Å². The molecule has 2 heterocycles. The van der Waals surface area contributed by atoms with E-state index in [1.165, 1.54) is 0 Å². The average molecular weight is 473 g/mol. The van der Waals surface area contributed by atoms with Crippen molar-refractivity contribution in [3.05, 3.63) is 84.1 Å². The summed E-state index contributed by atoms with van der Waals surface area (Å²) in [6.45, 7) is 1.89. The summed E-state index contributed by atoms with van der Waals surface area (Å²) in [5.74, 6) is -0.643. The fraction of sp³-hybridized carbons (Fsp3) is 0.0833. The first-order valence-electron chi connectivity index (χ1n) is 10.4. The number of aromatic nitrogens is 2. The van der Waals surface area contributed by atoms with Crippen molar-refractivity contribution in [1.82, 2.24) is 15.4 Å². The Morgan fingerprint density at radius 2 is 1.65 bits per heavy atom. The summed E-state index contributed by atoms with van der Waals surface area (Å²) in [5.41, 5.74) is 11.5. The van der Waals surface area contributed by atoms with Crippen LogP contribution in [0.1, 0.15) is 17.2 Å². The standard InChI is InChI=1S/C24H20N6O3S/c1-14-6-12-17(13-7-14)34(32,33)30-16-10-8-15(9-11-16)23-26-19-5-3-2-4-18(19)21(27-23)20-22(25)28-29-24(20)31/h2-13,20,30H,1H3,(H2,25,28)(H,29,31). The molecule has 0 bridgehead atoms. The van der Waals surface area contributed by atoms with Crippen LogP contribution in [0, 0.1) is 6.92 Å². The van der Waals surface area contributed by atoms with Crippen LogP contribution in [-0.2, 0) is 14.8 Å². The van der Waals surface area contributed by atoms with Gasteiger partial charge in [0.1, 0.15) is 11.8 Å². The zero-order chi connectivity index (χ0) is 23.9. The van der Waals surface area contributed by atoms with Gasteiger partial charge in [0, 0.05) is 16.6 Å². The number of carbonyl (C=O) groups is 1. The van der Waals surface area contributed by atoms with Crippen LogP contribution in [0.3, 0.4) is 0 Å². The normalized spacial score (nSPS) is 15.7. The lowest BCUT2D eigenvalue weighted by atomic mass is 9.99. The first-order valence-corrected chi connectivity index (χ1v) is 11.9. The van der Waals surface area contributed by atoms with Crippen LogP contribution >= 0.6 is 0 Å². The van der Waals surface area contributed by atoms with E-state index in [2.05, 4.69) is 25.2 Å². The fourth-order valence-corrected chi connectivity index (χ4v) is 4.78. The van der Waals surface area contributed by atoms with E-state index in [0.717, 1.165) is 5.56 Å². The molecule has 10 heteroatoms. The number of fused-ring (bicyclic) bond motifs is 1. The van der Waals surface area contributed by atoms with Gasteiger partial charge >= 0.3 is 0 Å². The van der Waals surface area contributed by atoms with Crippen molar-refractivity contribution in [3.8, 4) is 11.4 Å². The highest BCUT2D eigenvalue weighted by atomic mass is 32.2. The minimum absolute atomic E-state index is 0.140. The zero-order valence-electron chi connectivity index (χ0n) is 18.1. The SMILES string of the molecule is Cc1ccc(S(=O)(=O)Nc2ccc(-c3nc(C4C(=O)NN=C4N)c4ccccc4n3)cc2)cc1. The van der Waals surface area contributed by atoms with Gasteiger partial charge in [0.05, 0.1) is 16.1 Å². The molecule has 1 amide bonds. The van der Waals surface area contributed by atoms with Crippen LogP contribution in [0.4, 0.5) is 5.69 Å². The molecule has 9 nitrogen and oxygen atoms in total. The average Bonchev–Trinajstić information content (AvgIpc) is 3.16.